The van der Waals surface area contributed by atoms with Gasteiger partial charge in [-0.25, -0.2) is 0 Å². The molecule has 2 aliphatic heterocycles. The largest absolute Gasteiger partial charge is 0.508 e. The zero-order valence-electron chi connectivity index (χ0n) is 21.4. The molecule has 0 saturated carbocycles. The van der Waals surface area contributed by atoms with Crippen molar-refractivity contribution in [2.75, 3.05) is 13.2 Å². The summed E-state index contributed by atoms with van der Waals surface area (Å²) in [6.45, 7) is -1.34. The van der Waals surface area contributed by atoms with Gasteiger partial charge in [0.25, 0.3) is 0 Å². The summed E-state index contributed by atoms with van der Waals surface area (Å²) in [5, 5.41) is 100. The zero-order valence-corrected chi connectivity index (χ0v) is 21.4. The summed E-state index contributed by atoms with van der Waals surface area (Å²) >= 11 is 0. The van der Waals surface area contributed by atoms with Crippen molar-refractivity contribution >= 4 is 11.0 Å². The number of fused-ring (bicyclic) bond motifs is 1. The molecule has 9 atom stereocenters. The van der Waals surface area contributed by atoms with E-state index in [0.717, 1.165) is 24.3 Å². The van der Waals surface area contributed by atoms with E-state index < -0.39 is 114 Å². The number of aliphatic hydroxyl groups is 6. The number of ether oxygens (including phenoxy) is 4. The highest BCUT2D eigenvalue weighted by Gasteiger charge is 2.52. The van der Waals surface area contributed by atoms with Crippen molar-refractivity contribution < 1.29 is 74.4 Å². The van der Waals surface area contributed by atoms with Crippen LogP contribution in [0.3, 0.4) is 0 Å². The van der Waals surface area contributed by atoms with Gasteiger partial charge in [-0.15, -0.1) is 0 Å². The second-order valence-corrected chi connectivity index (χ2v) is 9.81. The van der Waals surface area contributed by atoms with Crippen molar-refractivity contribution in [3.63, 3.8) is 0 Å². The molecule has 42 heavy (non-hydrogen) atoms. The number of aliphatic hydroxyl groups excluding tert-OH is 6. The molecule has 0 spiro atoms. The molecule has 0 bridgehead atoms. The summed E-state index contributed by atoms with van der Waals surface area (Å²) in [4.78, 5) is 13.7. The number of hydrogen-bond acceptors (Lipinski definition) is 16. The predicted molar refractivity (Wildman–Crippen MR) is 136 cm³/mol. The van der Waals surface area contributed by atoms with E-state index in [0.29, 0.717) is 0 Å². The molecule has 5 rings (SSSR count). The first-order valence-electron chi connectivity index (χ1n) is 12.6. The number of phenolic OH excluding ortho intramolecular Hbond substituents is 4. The van der Waals surface area contributed by atoms with Crippen LogP contribution in [0.25, 0.3) is 22.3 Å². The fraction of sp³-hybridized carbons (Fsp3) is 0.423. The Morgan fingerprint density at radius 2 is 1.64 bits per heavy atom. The Hall–Kier alpha value is -3.71. The average Bonchev–Trinajstić information content (AvgIpc) is 3.25. The van der Waals surface area contributed by atoms with Gasteiger partial charge in [0.2, 0.25) is 17.5 Å². The molecule has 16 nitrogen and oxygen atoms in total. The molecule has 2 aliphatic rings. The van der Waals surface area contributed by atoms with Gasteiger partial charge < -0.3 is 74.4 Å². The Kier molecular flexibility index (Phi) is 8.17. The fourth-order valence-corrected chi connectivity index (χ4v) is 4.72. The van der Waals surface area contributed by atoms with Crippen molar-refractivity contribution in [2.45, 2.75) is 55.3 Å². The van der Waals surface area contributed by atoms with Gasteiger partial charge in [-0.05, 0) is 18.2 Å². The van der Waals surface area contributed by atoms with E-state index in [1.54, 1.807) is 0 Å². The number of aromatic hydroxyl groups is 4. The molecule has 2 fully saturated rings. The van der Waals surface area contributed by atoms with Gasteiger partial charge in [-0.2, -0.15) is 0 Å². The molecule has 2 saturated heterocycles. The first-order chi connectivity index (χ1) is 19.9. The van der Waals surface area contributed by atoms with E-state index in [4.69, 9.17) is 23.4 Å². The van der Waals surface area contributed by atoms with Crippen molar-refractivity contribution in [1.29, 1.82) is 0 Å². The molecule has 228 valence electrons. The third kappa shape index (κ3) is 5.31. The molecule has 0 radical (unpaired) electrons. The first-order valence-corrected chi connectivity index (χ1v) is 12.6. The lowest BCUT2D eigenvalue weighted by molar-refractivity contribution is -0.298. The summed E-state index contributed by atoms with van der Waals surface area (Å²) < 4.78 is 28.0. The van der Waals surface area contributed by atoms with Crippen molar-refractivity contribution in [3.8, 4) is 40.1 Å². The van der Waals surface area contributed by atoms with Gasteiger partial charge in [-0.1, -0.05) is 0 Å². The van der Waals surface area contributed by atoms with E-state index >= 15 is 0 Å². The molecule has 10 N–H and O–H groups in total. The van der Waals surface area contributed by atoms with Crippen LogP contribution in [0.2, 0.25) is 0 Å². The molecule has 0 aliphatic carbocycles. The Morgan fingerprint density at radius 1 is 0.905 bits per heavy atom. The highest BCUT2D eigenvalue weighted by Crippen LogP contribution is 2.40. The number of hydrogen-bond donors (Lipinski definition) is 10. The molecule has 16 heteroatoms. The van der Waals surface area contributed by atoms with Crippen LogP contribution in [-0.4, -0.2) is 120 Å². The normalized spacial score (nSPS) is 30.4. The van der Waals surface area contributed by atoms with Gasteiger partial charge in [0.05, 0.1) is 13.2 Å². The lowest BCUT2D eigenvalue weighted by Gasteiger charge is -2.37. The molecule has 2 aromatic carbocycles. The van der Waals surface area contributed by atoms with Gasteiger partial charge in [0.1, 0.15) is 59.1 Å². The minimum Gasteiger partial charge on any atom is -0.508 e. The lowest BCUT2D eigenvalue weighted by Crippen LogP contribution is -2.56. The third-order valence-corrected chi connectivity index (χ3v) is 6.93. The van der Waals surface area contributed by atoms with Crippen LogP contribution in [0.15, 0.2) is 39.5 Å². The average molecular weight is 596 g/mol. The second-order valence-electron chi connectivity index (χ2n) is 9.81. The predicted octanol–water partition coefficient (Wildman–Crippen LogP) is -2.08. The number of phenols is 4. The zero-order chi connectivity index (χ0) is 30.5. The fourth-order valence-electron chi connectivity index (χ4n) is 4.72. The summed E-state index contributed by atoms with van der Waals surface area (Å²) in [5.41, 5.74) is -1.35. The van der Waals surface area contributed by atoms with E-state index in [2.05, 4.69) is 0 Å². The van der Waals surface area contributed by atoms with Gasteiger partial charge in [-0.3, -0.25) is 4.79 Å². The minimum atomic E-state index is -1.81. The Bertz CT molecular complexity index is 1510. The van der Waals surface area contributed by atoms with E-state index in [1.807, 2.05) is 0 Å². The van der Waals surface area contributed by atoms with Crippen LogP contribution in [0, 0.1) is 0 Å². The summed E-state index contributed by atoms with van der Waals surface area (Å²) in [5.74, 6) is -3.34. The van der Waals surface area contributed by atoms with Crippen LogP contribution in [0.1, 0.15) is 0 Å². The monoisotopic (exact) mass is 596 g/mol. The standard InChI is InChI=1S/C26H28O16/c27-6-13(32)22-20(37)24(42-25-19(36)17(34)14(33)7-38-25)26(40-22)41-23-18(35)16-12(31)4-9(28)5-15(16)39-21(23)8-1-2-10(29)11(30)3-8/h1-5,13-14,17,19-20,22,24-34,36-37H,6-7H2/t13-,14-,17+,19-,20+,22-,24-,25+,26+/m1/s1. The summed E-state index contributed by atoms with van der Waals surface area (Å²) in [7, 11) is 0. The van der Waals surface area contributed by atoms with Gasteiger partial charge in [0, 0.05) is 17.7 Å². The topological polar surface area (TPSA) is 269 Å². The number of benzene rings is 2. The molecule has 0 amide bonds. The minimum absolute atomic E-state index is 0.0340. The Balaban J connectivity index is 1.60. The highest BCUT2D eigenvalue weighted by atomic mass is 16.8. The second kappa shape index (κ2) is 11.5. The van der Waals surface area contributed by atoms with Crippen LogP contribution < -0.4 is 10.2 Å². The first kappa shape index (κ1) is 29.8. The van der Waals surface area contributed by atoms with Crippen molar-refractivity contribution in [3.05, 3.63) is 40.6 Å². The number of rotatable bonds is 7. The van der Waals surface area contributed by atoms with E-state index in [-0.39, 0.29) is 11.1 Å². The lowest BCUT2D eigenvalue weighted by atomic mass is 10.0. The molecule has 0 unspecified atom stereocenters. The van der Waals surface area contributed by atoms with E-state index in [9.17, 15) is 55.9 Å². The summed E-state index contributed by atoms with van der Waals surface area (Å²) in [6.07, 6.45) is -15.1. The Morgan fingerprint density at radius 3 is 2.33 bits per heavy atom. The highest BCUT2D eigenvalue weighted by molar-refractivity contribution is 5.88. The molecule has 3 aromatic rings. The molecular weight excluding hydrogens is 568 g/mol. The van der Waals surface area contributed by atoms with Crippen molar-refractivity contribution in [1.82, 2.24) is 0 Å². The molecular formula is C26H28O16. The Labute approximate surface area is 235 Å². The maximum Gasteiger partial charge on any atom is 0.239 e. The van der Waals surface area contributed by atoms with E-state index in [1.165, 1.54) is 6.07 Å². The quantitative estimate of drug-likeness (QED) is 0.131. The molecule has 3 heterocycles. The summed E-state index contributed by atoms with van der Waals surface area (Å²) in [6, 6.07) is 5.23. The van der Waals surface area contributed by atoms with Crippen molar-refractivity contribution in [2.24, 2.45) is 0 Å². The molecule has 1 aromatic heterocycles. The van der Waals surface area contributed by atoms with Gasteiger partial charge in [0.15, 0.2) is 29.7 Å². The third-order valence-electron chi connectivity index (χ3n) is 6.93. The van der Waals surface area contributed by atoms with Crippen LogP contribution in [-0.2, 0) is 14.2 Å². The van der Waals surface area contributed by atoms with Crippen LogP contribution >= 0.6 is 0 Å². The smallest absolute Gasteiger partial charge is 0.239 e. The van der Waals surface area contributed by atoms with Crippen LogP contribution in [0.5, 0.6) is 28.7 Å². The SMILES string of the molecule is O=c1c(O[C@@H]2O[C@H]([C@H](O)CO)[C@H](O)[C@H]2O[C@@H]2OC[C@@H](O)[C@H](O)[C@H]2O)c(-c2ccc(O)c(O)c2)oc2cc(O)cc(O)c12. The maximum absolute atomic E-state index is 13.7. The maximum atomic E-state index is 13.7. The van der Waals surface area contributed by atoms with Crippen LogP contribution in [0.4, 0.5) is 0 Å². The van der Waals surface area contributed by atoms with Gasteiger partial charge >= 0.3 is 0 Å².